The van der Waals surface area contributed by atoms with Crippen molar-refractivity contribution in [2.75, 3.05) is 13.1 Å². The van der Waals surface area contributed by atoms with Gasteiger partial charge in [0.2, 0.25) is 0 Å². The molecule has 0 amide bonds. The van der Waals surface area contributed by atoms with Crippen LogP contribution in [0.25, 0.3) is 0 Å². The second-order valence-corrected chi connectivity index (χ2v) is 8.86. The highest BCUT2D eigenvalue weighted by Crippen LogP contribution is 2.51. The number of rotatable bonds is 3. The molecular formula is C21H29NO4. The summed E-state index contributed by atoms with van der Waals surface area (Å²) in [7, 11) is 0. The Morgan fingerprint density at radius 2 is 2.08 bits per heavy atom. The number of aromatic hydroxyl groups is 1. The molecule has 1 aromatic rings. The molecule has 2 N–H and O–H groups in total. The number of hydrogen-bond acceptors (Lipinski definition) is 5. The zero-order chi connectivity index (χ0) is 18.7. The van der Waals surface area contributed by atoms with Crippen LogP contribution in [0.2, 0.25) is 0 Å². The van der Waals surface area contributed by atoms with Crippen LogP contribution in [0, 0.1) is 12.8 Å². The van der Waals surface area contributed by atoms with Crippen molar-refractivity contribution in [1.29, 1.82) is 0 Å². The van der Waals surface area contributed by atoms with Crippen molar-refractivity contribution in [2.45, 2.75) is 69.6 Å². The zero-order valence-corrected chi connectivity index (χ0v) is 15.9. The molecule has 0 bridgehead atoms. The Balaban J connectivity index is 1.77. The standard InChI is InChI=1S/C21H29NO4/c1-13-4-7-16(23)10-17(13)21-8-9-22(11-15-5-6-15)14(2)18(21)26-19(24)20(3,25)12-21/h4,7,10,14-15,18,23,25H,5-6,8-9,11-12H2,1-3H3/t14?,18?,20?,21-/m1/s1. The lowest BCUT2D eigenvalue weighted by Gasteiger charge is -2.56. The minimum absolute atomic E-state index is 0.0890. The molecule has 5 heteroatoms. The first kappa shape index (κ1) is 17.8. The molecule has 2 aliphatic heterocycles. The fourth-order valence-corrected chi connectivity index (χ4v) is 5.09. The van der Waals surface area contributed by atoms with Gasteiger partial charge in [0.15, 0.2) is 5.60 Å². The molecular weight excluding hydrogens is 330 g/mol. The quantitative estimate of drug-likeness (QED) is 0.812. The van der Waals surface area contributed by atoms with Crippen LogP contribution in [-0.2, 0) is 14.9 Å². The van der Waals surface area contributed by atoms with Crippen LogP contribution >= 0.6 is 0 Å². The maximum Gasteiger partial charge on any atom is 0.338 e. The second kappa shape index (κ2) is 5.96. The second-order valence-electron chi connectivity index (χ2n) is 8.86. The van der Waals surface area contributed by atoms with Gasteiger partial charge in [0.05, 0.1) is 0 Å². The molecule has 2 heterocycles. The number of hydrogen-bond donors (Lipinski definition) is 2. The first-order valence-electron chi connectivity index (χ1n) is 9.70. The van der Waals surface area contributed by atoms with E-state index in [1.807, 2.05) is 13.0 Å². The summed E-state index contributed by atoms with van der Waals surface area (Å²) in [6.45, 7) is 7.67. The van der Waals surface area contributed by atoms with Crippen LogP contribution < -0.4 is 0 Å². The van der Waals surface area contributed by atoms with Crippen LogP contribution in [0.3, 0.4) is 0 Å². The van der Waals surface area contributed by atoms with Crippen LogP contribution in [0.4, 0.5) is 0 Å². The summed E-state index contributed by atoms with van der Waals surface area (Å²) in [6, 6.07) is 5.47. The Morgan fingerprint density at radius 1 is 1.35 bits per heavy atom. The molecule has 0 radical (unpaired) electrons. The van der Waals surface area contributed by atoms with Gasteiger partial charge in [0, 0.05) is 18.0 Å². The van der Waals surface area contributed by atoms with Gasteiger partial charge in [-0.25, -0.2) is 4.79 Å². The summed E-state index contributed by atoms with van der Waals surface area (Å²) in [4.78, 5) is 14.9. The van der Waals surface area contributed by atoms with Crippen molar-refractivity contribution >= 4 is 5.97 Å². The van der Waals surface area contributed by atoms with Gasteiger partial charge in [-0.05, 0) is 82.2 Å². The Morgan fingerprint density at radius 3 is 2.77 bits per heavy atom. The van der Waals surface area contributed by atoms with E-state index >= 15 is 0 Å². The summed E-state index contributed by atoms with van der Waals surface area (Å²) in [5.74, 6) is 0.453. The number of aliphatic hydroxyl groups is 1. The minimum atomic E-state index is -1.51. The summed E-state index contributed by atoms with van der Waals surface area (Å²) >= 11 is 0. The number of nitrogens with zero attached hydrogens (tertiary/aromatic N) is 1. The van der Waals surface area contributed by atoms with E-state index in [1.54, 1.807) is 19.1 Å². The third kappa shape index (κ3) is 2.81. The lowest BCUT2D eigenvalue weighted by Crippen LogP contribution is -2.67. The van der Waals surface area contributed by atoms with Crippen LogP contribution in [0.1, 0.15) is 50.7 Å². The maximum atomic E-state index is 12.4. The fraction of sp³-hybridized carbons (Fsp3) is 0.667. The molecule has 2 saturated heterocycles. The number of carbonyl (C=O) groups is 1. The fourth-order valence-electron chi connectivity index (χ4n) is 5.09. The van der Waals surface area contributed by atoms with E-state index in [0.717, 1.165) is 36.6 Å². The number of benzene rings is 1. The van der Waals surface area contributed by atoms with Gasteiger partial charge < -0.3 is 14.9 Å². The smallest absolute Gasteiger partial charge is 0.338 e. The molecule has 4 rings (SSSR count). The number of phenols is 1. The third-order valence-corrected chi connectivity index (χ3v) is 6.68. The largest absolute Gasteiger partial charge is 0.508 e. The number of carbonyl (C=O) groups excluding carboxylic acids is 1. The molecule has 3 unspecified atom stereocenters. The highest BCUT2D eigenvalue weighted by Gasteiger charge is 2.59. The van der Waals surface area contributed by atoms with Crippen molar-refractivity contribution in [3.05, 3.63) is 29.3 Å². The van der Waals surface area contributed by atoms with E-state index in [2.05, 4.69) is 11.8 Å². The van der Waals surface area contributed by atoms with Crippen LogP contribution in [-0.4, -0.2) is 51.9 Å². The molecule has 4 atom stereocenters. The number of piperidine rings is 1. The number of ether oxygens (including phenoxy) is 1. The maximum absolute atomic E-state index is 12.4. The van der Waals surface area contributed by atoms with Crippen molar-refractivity contribution in [2.24, 2.45) is 5.92 Å². The van der Waals surface area contributed by atoms with Gasteiger partial charge in [-0.1, -0.05) is 6.07 Å². The predicted molar refractivity (Wildman–Crippen MR) is 98.0 cm³/mol. The van der Waals surface area contributed by atoms with E-state index < -0.39 is 17.0 Å². The topological polar surface area (TPSA) is 70.0 Å². The Hall–Kier alpha value is -1.59. The predicted octanol–water partition coefficient (Wildman–Crippen LogP) is 2.51. The summed E-state index contributed by atoms with van der Waals surface area (Å²) < 4.78 is 5.89. The monoisotopic (exact) mass is 359 g/mol. The van der Waals surface area contributed by atoms with Crippen molar-refractivity contribution in [3.63, 3.8) is 0 Å². The number of phenolic OH excluding ortho intramolecular Hbond substituents is 1. The Bertz CT molecular complexity index is 727. The SMILES string of the molecule is Cc1ccc(O)cc1[C@]12CCN(CC3CC3)C(C)C1OC(=O)C(C)(O)C2. The lowest BCUT2D eigenvalue weighted by atomic mass is 9.61. The summed E-state index contributed by atoms with van der Waals surface area (Å²) in [5.41, 5.74) is 0.0736. The molecule has 5 nitrogen and oxygen atoms in total. The summed E-state index contributed by atoms with van der Waals surface area (Å²) in [6.07, 6.45) is 3.40. The van der Waals surface area contributed by atoms with Gasteiger partial charge in [0.25, 0.3) is 0 Å². The number of likely N-dealkylation sites (tertiary alicyclic amines) is 1. The molecule has 26 heavy (non-hydrogen) atoms. The zero-order valence-electron chi connectivity index (χ0n) is 15.9. The van der Waals surface area contributed by atoms with Gasteiger partial charge in [-0.15, -0.1) is 0 Å². The van der Waals surface area contributed by atoms with Gasteiger partial charge in [0.1, 0.15) is 11.9 Å². The van der Waals surface area contributed by atoms with Gasteiger partial charge in [-0.2, -0.15) is 0 Å². The molecule has 3 fully saturated rings. The number of aryl methyl sites for hydroxylation is 1. The molecule has 1 saturated carbocycles. The Kier molecular flexibility index (Phi) is 4.08. The molecule has 1 aliphatic carbocycles. The number of esters is 1. The lowest BCUT2D eigenvalue weighted by molar-refractivity contribution is -0.204. The van der Waals surface area contributed by atoms with Crippen molar-refractivity contribution < 1.29 is 19.7 Å². The molecule has 0 aromatic heterocycles. The van der Waals surface area contributed by atoms with Crippen LogP contribution in [0.15, 0.2) is 18.2 Å². The average molecular weight is 359 g/mol. The van der Waals surface area contributed by atoms with E-state index in [-0.39, 0.29) is 17.9 Å². The van der Waals surface area contributed by atoms with Crippen molar-refractivity contribution in [3.8, 4) is 5.75 Å². The third-order valence-electron chi connectivity index (χ3n) is 6.68. The Labute approximate surface area is 155 Å². The van der Waals surface area contributed by atoms with Crippen LogP contribution in [0.5, 0.6) is 5.75 Å². The highest BCUT2D eigenvalue weighted by molar-refractivity contribution is 5.80. The van der Waals surface area contributed by atoms with Crippen molar-refractivity contribution in [1.82, 2.24) is 4.90 Å². The molecule has 0 spiro atoms. The minimum Gasteiger partial charge on any atom is -0.508 e. The van der Waals surface area contributed by atoms with Gasteiger partial charge in [-0.3, -0.25) is 4.90 Å². The molecule has 1 aromatic carbocycles. The molecule has 142 valence electrons. The highest BCUT2D eigenvalue weighted by atomic mass is 16.6. The number of fused-ring (bicyclic) bond motifs is 1. The van der Waals surface area contributed by atoms with E-state index in [9.17, 15) is 15.0 Å². The average Bonchev–Trinajstić information content (AvgIpc) is 3.39. The normalized spacial score (nSPS) is 37.9. The van der Waals surface area contributed by atoms with E-state index in [1.165, 1.54) is 12.8 Å². The van der Waals surface area contributed by atoms with Gasteiger partial charge >= 0.3 is 5.97 Å². The van der Waals surface area contributed by atoms with E-state index in [4.69, 9.17) is 4.74 Å². The first-order chi connectivity index (χ1) is 12.2. The van der Waals surface area contributed by atoms with E-state index in [0.29, 0.717) is 6.42 Å². The summed E-state index contributed by atoms with van der Waals surface area (Å²) in [5, 5.41) is 20.8. The first-order valence-corrected chi connectivity index (χ1v) is 9.70. The molecule has 3 aliphatic rings.